The monoisotopic (exact) mass is 642 g/mol. The highest BCUT2D eigenvalue weighted by Crippen LogP contribution is 2.49. The van der Waals surface area contributed by atoms with Gasteiger partial charge in [-0.25, -0.2) is 8.78 Å². The van der Waals surface area contributed by atoms with Crippen LogP contribution in [0.1, 0.15) is 11.1 Å². The lowest BCUT2D eigenvalue weighted by Gasteiger charge is -2.12. The van der Waals surface area contributed by atoms with E-state index in [1.165, 1.54) is 46.9 Å². The van der Waals surface area contributed by atoms with Crippen LogP contribution in [0, 0.1) is 0 Å². The van der Waals surface area contributed by atoms with E-state index in [9.17, 15) is 26.3 Å². The summed E-state index contributed by atoms with van der Waals surface area (Å²) < 4.78 is 86.6. The van der Waals surface area contributed by atoms with Gasteiger partial charge in [0.05, 0.1) is 23.1 Å². The van der Waals surface area contributed by atoms with E-state index in [4.69, 9.17) is 11.5 Å². The first-order valence-electron chi connectivity index (χ1n) is 12.3. The Kier molecular flexibility index (Phi) is 7.54. The standard InChI is InChI=1S/C30H16F6N4S3/c31-23(29(33)34)15-5-1-13(2-6-15)17-9-11-19(41-17)21-25(37)26(38)22(28-27(21)39-43-40-28)20-12-10-18(42-20)14-3-7-16(8-4-14)24(32)30(35)36/h1-12H,37-38H2. The van der Waals surface area contributed by atoms with Crippen LogP contribution in [-0.2, 0) is 0 Å². The van der Waals surface area contributed by atoms with E-state index >= 15 is 0 Å². The van der Waals surface area contributed by atoms with E-state index in [1.807, 2.05) is 24.3 Å². The molecule has 0 atom stereocenters. The average Bonchev–Trinajstić information content (AvgIpc) is 3.79. The summed E-state index contributed by atoms with van der Waals surface area (Å²) in [6, 6.07) is 18.8. The molecule has 0 aliphatic rings. The molecule has 3 heterocycles. The SMILES string of the molecule is Nc1c(N)c(-c2ccc(-c3ccc(C(F)=C(F)F)cc3)s2)c2nsnc2c1-c1ccc(-c2ccc(C(F)=C(F)F)cc2)s1. The number of aromatic nitrogens is 2. The lowest BCUT2D eigenvalue weighted by Crippen LogP contribution is -2.00. The van der Waals surface area contributed by atoms with Gasteiger partial charge >= 0.3 is 12.2 Å². The molecule has 0 aliphatic carbocycles. The zero-order valence-corrected chi connectivity index (χ0v) is 23.9. The van der Waals surface area contributed by atoms with Gasteiger partial charge in [0.1, 0.15) is 11.0 Å². The number of benzene rings is 3. The van der Waals surface area contributed by atoms with Crippen molar-refractivity contribution in [3.8, 4) is 41.8 Å². The summed E-state index contributed by atoms with van der Waals surface area (Å²) in [6.07, 6.45) is -4.75. The second kappa shape index (κ2) is 11.3. The number of halogens is 6. The second-order valence-corrected chi connectivity index (χ2v) is 11.9. The molecule has 0 saturated heterocycles. The van der Waals surface area contributed by atoms with Crippen molar-refractivity contribution in [1.82, 2.24) is 8.75 Å². The van der Waals surface area contributed by atoms with Crippen molar-refractivity contribution < 1.29 is 26.3 Å². The number of fused-ring (bicyclic) bond motifs is 1. The minimum Gasteiger partial charge on any atom is -0.396 e. The summed E-state index contributed by atoms with van der Waals surface area (Å²) in [5.41, 5.74) is 17.1. The summed E-state index contributed by atoms with van der Waals surface area (Å²) in [4.78, 5) is 3.10. The minimum atomic E-state index is -2.38. The van der Waals surface area contributed by atoms with E-state index in [2.05, 4.69) is 8.75 Å². The van der Waals surface area contributed by atoms with Crippen molar-refractivity contribution in [3.63, 3.8) is 0 Å². The number of hydrogen-bond acceptors (Lipinski definition) is 7. The normalized spacial score (nSPS) is 11.2. The van der Waals surface area contributed by atoms with Gasteiger partial charge in [-0.1, -0.05) is 48.5 Å². The Morgan fingerprint density at radius 3 is 1.19 bits per heavy atom. The first-order valence-corrected chi connectivity index (χ1v) is 14.7. The van der Waals surface area contributed by atoms with Gasteiger partial charge in [0.2, 0.25) is 0 Å². The van der Waals surface area contributed by atoms with Crippen molar-refractivity contribution in [2.24, 2.45) is 0 Å². The van der Waals surface area contributed by atoms with Crippen molar-refractivity contribution in [2.75, 3.05) is 11.5 Å². The second-order valence-electron chi connectivity index (χ2n) is 9.17. The minimum absolute atomic E-state index is 0.213. The van der Waals surface area contributed by atoms with Crippen LogP contribution in [0.2, 0.25) is 0 Å². The van der Waals surface area contributed by atoms with Crippen LogP contribution in [0.3, 0.4) is 0 Å². The number of nitrogen functional groups attached to an aromatic ring is 2. The van der Waals surface area contributed by atoms with Gasteiger partial charge in [-0.05, 0) is 35.4 Å². The highest BCUT2D eigenvalue weighted by Gasteiger charge is 2.24. The van der Waals surface area contributed by atoms with E-state index in [0.717, 1.165) is 31.2 Å². The van der Waals surface area contributed by atoms with Crippen LogP contribution in [0.5, 0.6) is 0 Å². The van der Waals surface area contributed by atoms with Crippen molar-refractivity contribution in [3.05, 3.63) is 96.1 Å². The van der Waals surface area contributed by atoms with Crippen LogP contribution < -0.4 is 11.5 Å². The molecule has 0 fully saturated rings. The molecule has 0 unspecified atom stereocenters. The Hall–Kier alpha value is -4.46. The quantitative estimate of drug-likeness (QED) is 0.140. The summed E-state index contributed by atoms with van der Waals surface area (Å²) in [5.74, 6) is -3.12. The molecule has 6 rings (SSSR count). The van der Waals surface area contributed by atoms with E-state index in [-0.39, 0.29) is 11.1 Å². The third-order valence-electron chi connectivity index (χ3n) is 6.67. The van der Waals surface area contributed by atoms with Crippen molar-refractivity contribution in [1.29, 1.82) is 0 Å². The molecular formula is C30H16F6N4S3. The number of nitrogens with zero attached hydrogens (tertiary/aromatic N) is 2. The first kappa shape index (κ1) is 28.6. The van der Waals surface area contributed by atoms with Crippen LogP contribution in [0.4, 0.5) is 37.7 Å². The fourth-order valence-electron chi connectivity index (χ4n) is 4.57. The third kappa shape index (κ3) is 5.19. The molecule has 0 saturated carbocycles. The van der Waals surface area contributed by atoms with E-state index < -0.39 is 23.8 Å². The van der Waals surface area contributed by atoms with E-state index in [0.29, 0.717) is 44.7 Å². The molecule has 6 aromatic rings. The van der Waals surface area contributed by atoms with Crippen LogP contribution in [0.15, 0.2) is 85.0 Å². The first-order chi connectivity index (χ1) is 20.6. The average molecular weight is 643 g/mol. The van der Waals surface area contributed by atoms with Gasteiger partial charge in [0.25, 0.3) is 0 Å². The van der Waals surface area contributed by atoms with Gasteiger partial charge in [-0.3, -0.25) is 0 Å². The van der Waals surface area contributed by atoms with Gasteiger partial charge in [-0.2, -0.15) is 26.3 Å². The fourth-order valence-corrected chi connectivity index (χ4v) is 7.28. The number of hydrogen-bond donors (Lipinski definition) is 2. The molecular weight excluding hydrogens is 627 g/mol. The highest BCUT2D eigenvalue weighted by molar-refractivity contribution is 7.19. The smallest absolute Gasteiger partial charge is 0.306 e. The van der Waals surface area contributed by atoms with Crippen molar-refractivity contribution in [2.45, 2.75) is 0 Å². The maximum Gasteiger partial charge on any atom is 0.306 e. The maximum atomic E-state index is 13.6. The Balaban J connectivity index is 1.36. The van der Waals surface area contributed by atoms with Crippen molar-refractivity contribution >= 4 is 68.5 Å². The number of anilines is 2. The summed E-state index contributed by atoms with van der Waals surface area (Å²) in [6.45, 7) is 0. The molecule has 0 spiro atoms. The van der Waals surface area contributed by atoms with Crippen LogP contribution >= 0.6 is 34.4 Å². The third-order valence-corrected chi connectivity index (χ3v) is 9.51. The summed E-state index contributed by atoms with van der Waals surface area (Å²) >= 11 is 3.77. The van der Waals surface area contributed by atoms with Crippen LogP contribution in [-0.4, -0.2) is 8.75 Å². The molecule has 0 bridgehead atoms. The lowest BCUT2D eigenvalue weighted by atomic mass is 10.0. The lowest BCUT2D eigenvalue weighted by molar-refractivity contribution is 0.410. The Labute approximate surface area is 252 Å². The molecule has 216 valence electrons. The number of rotatable bonds is 6. The molecule has 3 aromatic heterocycles. The predicted molar refractivity (Wildman–Crippen MR) is 164 cm³/mol. The molecule has 3 aromatic carbocycles. The number of thiophene rings is 2. The predicted octanol–water partition coefficient (Wildman–Crippen LogP) is 10.7. The Morgan fingerprint density at radius 2 is 0.837 bits per heavy atom. The highest BCUT2D eigenvalue weighted by atomic mass is 32.1. The largest absolute Gasteiger partial charge is 0.396 e. The molecule has 4 N–H and O–H groups in total. The molecule has 0 radical (unpaired) electrons. The van der Waals surface area contributed by atoms with Gasteiger partial charge in [0, 0.05) is 41.8 Å². The fraction of sp³-hybridized carbons (Fsp3) is 0. The zero-order chi connectivity index (χ0) is 30.4. The van der Waals surface area contributed by atoms with Crippen LogP contribution in [0.25, 0.3) is 64.4 Å². The molecule has 0 amide bonds. The maximum absolute atomic E-state index is 13.6. The molecule has 4 nitrogen and oxygen atoms in total. The molecule has 13 heteroatoms. The van der Waals surface area contributed by atoms with Gasteiger partial charge in [-0.15, -0.1) is 22.7 Å². The molecule has 43 heavy (non-hydrogen) atoms. The topological polar surface area (TPSA) is 77.8 Å². The molecule has 0 aliphatic heterocycles. The van der Waals surface area contributed by atoms with Gasteiger partial charge < -0.3 is 11.5 Å². The Morgan fingerprint density at radius 1 is 0.488 bits per heavy atom. The van der Waals surface area contributed by atoms with E-state index in [1.54, 1.807) is 24.3 Å². The Bertz CT molecular complexity index is 1900. The summed E-state index contributed by atoms with van der Waals surface area (Å²) in [7, 11) is 0. The van der Waals surface area contributed by atoms with Gasteiger partial charge in [0.15, 0.2) is 11.7 Å². The summed E-state index contributed by atoms with van der Waals surface area (Å²) in [5, 5.41) is 0. The number of nitrogens with two attached hydrogens (primary N) is 2. The zero-order valence-electron chi connectivity index (χ0n) is 21.5.